The Morgan fingerprint density at radius 3 is 2.84 bits per heavy atom. The van der Waals surface area contributed by atoms with Crippen LogP contribution in [0.3, 0.4) is 0 Å². The van der Waals surface area contributed by atoms with Crippen LogP contribution in [0.4, 0.5) is 4.39 Å². The monoisotopic (exact) mass is 340 g/mol. The van der Waals surface area contributed by atoms with Gasteiger partial charge in [-0.1, -0.05) is 30.3 Å². The van der Waals surface area contributed by atoms with Crippen molar-refractivity contribution >= 4 is 5.91 Å². The molecular weight excluding hydrogens is 319 g/mol. The molecule has 2 aliphatic heterocycles. The maximum Gasteiger partial charge on any atom is 0.240 e. The van der Waals surface area contributed by atoms with Crippen LogP contribution in [0.1, 0.15) is 36.4 Å². The van der Waals surface area contributed by atoms with Gasteiger partial charge in [-0.2, -0.15) is 0 Å². The van der Waals surface area contributed by atoms with Crippen molar-refractivity contribution in [2.24, 2.45) is 0 Å². The molecule has 0 radical (unpaired) electrons. The SMILES string of the molecule is O=C1NCC[C@]12CC[C@H](c1cccc(OCc3ccccc3F)c1)N2. The number of rotatable bonds is 4. The number of hydrogen-bond donors (Lipinski definition) is 2. The van der Waals surface area contributed by atoms with Gasteiger partial charge in [-0.05, 0) is 43.0 Å². The minimum atomic E-state index is -0.408. The van der Waals surface area contributed by atoms with Crippen molar-refractivity contribution in [1.29, 1.82) is 0 Å². The fraction of sp³-hybridized carbons (Fsp3) is 0.350. The average molecular weight is 340 g/mol. The molecule has 2 aliphatic rings. The third kappa shape index (κ3) is 3.12. The number of ether oxygens (including phenoxy) is 1. The molecule has 1 amide bonds. The molecule has 5 heteroatoms. The van der Waals surface area contributed by atoms with E-state index in [-0.39, 0.29) is 24.4 Å². The van der Waals surface area contributed by atoms with Crippen molar-refractivity contribution in [2.75, 3.05) is 6.54 Å². The average Bonchev–Trinajstić information content (AvgIpc) is 3.22. The van der Waals surface area contributed by atoms with E-state index in [1.54, 1.807) is 18.2 Å². The van der Waals surface area contributed by atoms with Crippen LogP contribution in [-0.4, -0.2) is 18.0 Å². The van der Waals surface area contributed by atoms with E-state index in [0.717, 1.165) is 31.4 Å². The Morgan fingerprint density at radius 1 is 1.16 bits per heavy atom. The van der Waals surface area contributed by atoms with Gasteiger partial charge in [-0.25, -0.2) is 4.39 Å². The summed E-state index contributed by atoms with van der Waals surface area (Å²) < 4.78 is 19.5. The molecule has 0 bridgehead atoms. The maximum absolute atomic E-state index is 13.7. The molecule has 0 aromatic heterocycles. The molecule has 2 aromatic rings. The van der Waals surface area contributed by atoms with Crippen LogP contribution in [0.5, 0.6) is 5.75 Å². The highest BCUT2D eigenvalue weighted by molar-refractivity contribution is 5.88. The van der Waals surface area contributed by atoms with Gasteiger partial charge < -0.3 is 10.1 Å². The summed E-state index contributed by atoms with van der Waals surface area (Å²) in [7, 11) is 0. The molecular formula is C20H21FN2O2. The van der Waals surface area contributed by atoms with Crippen molar-refractivity contribution in [1.82, 2.24) is 10.6 Å². The summed E-state index contributed by atoms with van der Waals surface area (Å²) in [6.45, 7) is 0.935. The third-order valence-corrected chi connectivity index (χ3v) is 5.19. The van der Waals surface area contributed by atoms with E-state index in [2.05, 4.69) is 10.6 Å². The van der Waals surface area contributed by atoms with E-state index < -0.39 is 5.54 Å². The van der Waals surface area contributed by atoms with Gasteiger partial charge in [0.05, 0.1) is 0 Å². The lowest BCUT2D eigenvalue weighted by Crippen LogP contribution is -2.47. The summed E-state index contributed by atoms with van der Waals surface area (Å²) in [4.78, 5) is 12.1. The minimum Gasteiger partial charge on any atom is -0.489 e. The van der Waals surface area contributed by atoms with Crippen molar-refractivity contribution in [3.8, 4) is 5.75 Å². The van der Waals surface area contributed by atoms with E-state index in [0.29, 0.717) is 11.3 Å². The number of nitrogens with one attached hydrogen (secondary N) is 2. The maximum atomic E-state index is 13.7. The molecule has 4 nitrogen and oxygen atoms in total. The van der Waals surface area contributed by atoms with Gasteiger partial charge in [0.25, 0.3) is 0 Å². The van der Waals surface area contributed by atoms with Crippen LogP contribution in [-0.2, 0) is 11.4 Å². The van der Waals surface area contributed by atoms with Crippen LogP contribution in [0.25, 0.3) is 0 Å². The zero-order valence-corrected chi connectivity index (χ0v) is 13.9. The van der Waals surface area contributed by atoms with Crippen molar-refractivity contribution < 1.29 is 13.9 Å². The summed E-state index contributed by atoms with van der Waals surface area (Å²) in [6, 6.07) is 14.6. The van der Waals surface area contributed by atoms with Crippen LogP contribution < -0.4 is 15.4 Å². The number of carbonyl (C=O) groups is 1. The first kappa shape index (κ1) is 16.1. The van der Waals surface area contributed by atoms with E-state index in [1.807, 2.05) is 24.3 Å². The van der Waals surface area contributed by atoms with Gasteiger partial charge in [0.15, 0.2) is 0 Å². The van der Waals surface area contributed by atoms with E-state index in [1.165, 1.54) is 6.07 Å². The highest BCUT2D eigenvalue weighted by Crippen LogP contribution is 2.37. The standard InChI is InChI=1S/C20H21FN2O2/c21-17-7-2-1-4-15(17)13-25-16-6-3-5-14(12-16)18-8-9-20(23-18)10-11-22-19(20)24/h1-7,12,18,23H,8-11,13H2,(H,22,24)/t18-,20-/m1/s1. The zero-order valence-electron chi connectivity index (χ0n) is 13.9. The molecule has 4 rings (SSSR count). The molecule has 25 heavy (non-hydrogen) atoms. The summed E-state index contributed by atoms with van der Waals surface area (Å²) in [5.74, 6) is 0.562. The molecule has 0 unspecified atom stereocenters. The molecule has 2 heterocycles. The van der Waals surface area contributed by atoms with Gasteiger partial charge >= 0.3 is 0 Å². The zero-order chi connectivity index (χ0) is 17.3. The number of amides is 1. The quantitative estimate of drug-likeness (QED) is 0.899. The van der Waals surface area contributed by atoms with Crippen LogP contribution in [0, 0.1) is 5.82 Å². The van der Waals surface area contributed by atoms with Gasteiger partial charge in [-0.15, -0.1) is 0 Å². The molecule has 1 spiro atoms. The fourth-order valence-electron chi connectivity index (χ4n) is 3.76. The van der Waals surface area contributed by atoms with Gasteiger partial charge in [0.2, 0.25) is 5.91 Å². The summed E-state index contributed by atoms with van der Waals surface area (Å²) in [5.41, 5.74) is 1.23. The largest absolute Gasteiger partial charge is 0.489 e. The summed E-state index contributed by atoms with van der Waals surface area (Å²) in [5, 5.41) is 6.43. The van der Waals surface area contributed by atoms with Crippen molar-refractivity contribution in [3.05, 3.63) is 65.5 Å². The first-order valence-electron chi connectivity index (χ1n) is 8.68. The van der Waals surface area contributed by atoms with Crippen molar-refractivity contribution in [3.63, 3.8) is 0 Å². The molecule has 2 fully saturated rings. The van der Waals surface area contributed by atoms with Crippen LogP contribution >= 0.6 is 0 Å². The predicted octanol–water partition coefficient (Wildman–Crippen LogP) is 3.09. The number of halogens is 1. The number of hydrogen-bond acceptors (Lipinski definition) is 3. The predicted molar refractivity (Wildman–Crippen MR) is 92.6 cm³/mol. The van der Waals surface area contributed by atoms with E-state index >= 15 is 0 Å². The summed E-state index contributed by atoms with van der Waals surface area (Å²) in [6.07, 6.45) is 2.61. The Kier molecular flexibility index (Phi) is 4.17. The summed E-state index contributed by atoms with van der Waals surface area (Å²) >= 11 is 0. The lowest BCUT2D eigenvalue weighted by Gasteiger charge is -2.22. The van der Waals surface area contributed by atoms with Gasteiger partial charge in [-0.3, -0.25) is 10.1 Å². The second-order valence-corrected chi connectivity index (χ2v) is 6.78. The topological polar surface area (TPSA) is 50.4 Å². The molecule has 130 valence electrons. The molecule has 2 saturated heterocycles. The van der Waals surface area contributed by atoms with E-state index in [4.69, 9.17) is 4.74 Å². The first-order chi connectivity index (χ1) is 12.2. The normalized spacial score (nSPS) is 25.3. The van der Waals surface area contributed by atoms with Crippen LogP contribution in [0.2, 0.25) is 0 Å². The molecule has 2 aromatic carbocycles. The highest BCUT2D eigenvalue weighted by atomic mass is 19.1. The smallest absolute Gasteiger partial charge is 0.240 e. The lowest BCUT2D eigenvalue weighted by molar-refractivity contribution is -0.124. The Labute approximate surface area is 146 Å². The highest BCUT2D eigenvalue weighted by Gasteiger charge is 2.47. The minimum absolute atomic E-state index is 0.113. The third-order valence-electron chi connectivity index (χ3n) is 5.19. The number of benzene rings is 2. The van der Waals surface area contributed by atoms with E-state index in [9.17, 15) is 9.18 Å². The second kappa shape index (κ2) is 6.48. The molecule has 2 atom stereocenters. The molecule has 2 N–H and O–H groups in total. The number of carbonyl (C=O) groups excluding carboxylic acids is 1. The Hall–Kier alpha value is -2.40. The molecule has 0 aliphatic carbocycles. The Bertz CT molecular complexity index is 795. The lowest BCUT2D eigenvalue weighted by atomic mass is 9.96. The molecule has 0 saturated carbocycles. The van der Waals surface area contributed by atoms with Gasteiger partial charge in [0, 0.05) is 18.2 Å². The Morgan fingerprint density at radius 2 is 2.04 bits per heavy atom. The fourth-order valence-corrected chi connectivity index (χ4v) is 3.76. The second-order valence-electron chi connectivity index (χ2n) is 6.78. The Balaban J connectivity index is 1.45. The van der Waals surface area contributed by atoms with Crippen molar-refractivity contribution in [2.45, 2.75) is 37.5 Å². The van der Waals surface area contributed by atoms with Gasteiger partial charge in [0.1, 0.15) is 23.7 Å². The van der Waals surface area contributed by atoms with Crippen LogP contribution in [0.15, 0.2) is 48.5 Å². The first-order valence-corrected chi connectivity index (χ1v) is 8.68.